The van der Waals surface area contributed by atoms with Gasteiger partial charge >= 0.3 is 0 Å². The van der Waals surface area contributed by atoms with Crippen molar-refractivity contribution in [2.24, 2.45) is 0 Å². The van der Waals surface area contributed by atoms with Gasteiger partial charge in [-0.15, -0.1) is 0 Å². The lowest BCUT2D eigenvalue weighted by molar-refractivity contribution is -0.140. The molecule has 0 aliphatic carbocycles. The van der Waals surface area contributed by atoms with E-state index in [9.17, 15) is 18.0 Å². The standard InChI is InChI=1S/C29H35N3O4S/c1-4-24-17-13-14-20-27(24)32(37(35,36)25-18-11-8-12-19-25)22-28(33)31(21-23-15-9-7-10-16-23)26(5-2)29(34)30-6-3/h7-20,26H,4-6,21-22H2,1-3H3,(H,30,34). The van der Waals surface area contributed by atoms with E-state index < -0.39 is 28.5 Å². The number of rotatable bonds is 12. The van der Waals surface area contributed by atoms with E-state index in [-0.39, 0.29) is 17.3 Å². The van der Waals surface area contributed by atoms with Gasteiger partial charge in [-0.25, -0.2) is 8.42 Å². The number of para-hydroxylation sites is 1. The number of carbonyl (C=O) groups excluding carboxylic acids is 2. The number of sulfonamides is 1. The van der Waals surface area contributed by atoms with Crippen molar-refractivity contribution in [1.29, 1.82) is 0 Å². The van der Waals surface area contributed by atoms with Gasteiger partial charge in [0, 0.05) is 13.1 Å². The van der Waals surface area contributed by atoms with Crippen LogP contribution in [-0.2, 0) is 32.6 Å². The Morgan fingerprint density at radius 1 is 0.838 bits per heavy atom. The summed E-state index contributed by atoms with van der Waals surface area (Å²) < 4.78 is 28.9. The molecule has 1 atom stereocenters. The molecular weight excluding hydrogens is 486 g/mol. The van der Waals surface area contributed by atoms with E-state index in [1.165, 1.54) is 21.3 Å². The van der Waals surface area contributed by atoms with Crippen molar-refractivity contribution in [2.75, 3.05) is 17.4 Å². The Hall–Kier alpha value is -3.65. The summed E-state index contributed by atoms with van der Waals surface area (Å²) in [6.07, 6.45) is 0.983. The number of amides is 2. The van der Waals surface area contributed by atoms with Crippen LogP contribution in [0.1, 0.15) is 38.3 Å². The predicted molar refractivity (Wildman–Crippen MR) is 147 cm³/mol. The number of carbonyl (C=O) groups is 2. The highest BCUT2D eigenvalue weighted by molar-refractivity contribution is 7.92. The highest BCUT2D eigenvalue weighted by Gasteiger charge is 2.34. The first-order valence-electron chi connectivity index (χ1n) is 12.6. The molecule has 3 aromatic carbocycles. The SMILES string of the molecule is CCNC(=O)C(CC)N(Cc1ccccc1)C(=O)CN(c1ccccc1CC)S(=O)(=O)c1ccccc1. The predicted octanol–water partition coefficient (Wildman–Crippen LogP) is 4.39. The fourth-order valence-corrected chi connectivity index (χ4v) is 5.75. The zero-order chi connectivity index (χ0) is 26.8. The highest BCUT2D eigenvalue weighted by atomic mass is 32.2. The van der Waals surface area contributed by atoms with E-state index >= 15 is 0 Å². The van der Waals surface area contributed by atoms with Crippen molar-refractivity contribution in [3.8, 4) is 0 Å². The molecule has 1 N–H and O–H groups in total. The van der Waals surface area contributed by atoms with E-state index in [4.69, 9.17) is 0 Å². The average molecular weight is 522 g/mol. The maximum absolute atomic E-state index is 14.0. The second-order valence-corrected chi connectivity index (χ2v) is 10.5. The molecule has 7 nitrogen and oxygen atoms in total. The second kappa shape index (κ2) is 13.1. The van der Waals surface area contributed by atoms with Crippen LogP contribution >= 0.6 is 0 Å². The zero-order valence-electron chi connectivity index (χ0n) is 21.6. The fourth-order valence-electron chi connectivity index (χ4n) is 4.28. The molecular formula is C29H35N3O4S. The molecule has 3 rings (SSSR count). The van der Waals surface area contributed by atoms with Crippen LogP contribution in [0, 0.1) is 0 Å². The van der Waals surface area contributed by atoms with Crippen LogP contribution in [0.5, 0.6) is 0 Å². The van der Waals surface area contributed by atoms with Crippen LogP contribution in [-0.4, -0.2) is 44.3 Å². The summed E-state index contributed by atoms with van der Waals surface area (Å²) in [6.45, 7) is 5.79. The Morgan fingerprint density at radius 2 is 1.43 bits per heavy atom. The van der Waals surface area contributed by atoms with Gasteiger partial charge in [-0.2, -0.15) is 0 Å². The quantitative estimate of drug-likeness (QED) is 0.383. The van der Waals surface area contributed by atoms with E-state index in [0.29, 0.717) is 25.1 Å². The van der Waals surface area contributed by atoms with E-state index in [0.717, 1.165) is 11.1 Å². The Kier molecular flexibility index (Phi) is 9.85. The third-order valence-corrected chi connectivity index (χ3v) is 7.96. The van der Waals surface area contributed by atoms with Crippen molar-refractivity contribution >= 4 is 27.5 Å². The molecule has 0 radical (unpaired) electrons. The van der Waals surface area contributed by atoms with Crippen LogP contribution in [0.4, 0.5) is 5.69 Å². The molecule has 0 heterocycles. The molecule has 0 saturated carbocycles. The molecule has 37 heavy (non-hydrogen) atoms. The van der Waals surface area contributed by atoms with Gasteiger partial charge in [-0.05, 0) is 49.1 Å². The van der Waals surface area contributed by atoms with Crippen LogP contribution in [0.15, 0.2) is 89.8 Å². The van der Waals surface area contributed by atoms with Gasteiger partial charge < -0.3 is 10.2 Å². The normalized spacial score (nSPS) is 12.0. The van der Waals surface area contributed by atoms with Crippen molar-refractivity contribution in [1.82, 2.24) is 10.2 Å². The molecule has 2 amide bonds. The van der Waals surface area contributed by atoms with E-state index in [2.05, 4.69) is 5.32 Å². The Balaban J connectivity index is 2.07. The summed E-state index contributed by atoms with van der Waals surface area (Å²) in [5, 5.41) is 2.81. The fraction of sp³-hybridized carbons (Fsp3) is 0.310. The van der Waals surface area contributed by atoms with Crippen LogP contribution < -0.4 is 9.62 Å². The summed E-state index contributed by atoms with van der Waals surface area (Å²) in [7, 11) is -4.07. The molecule has 0 aliphatic rings. The first kappa shape index (κ1) is 27.9. The van der Waals surface area contributed by atoms with E-state index in [1.807, 2.05) is 63.2 Å². The minimum Gasteiger partial charge on any atom is -0.355 e. The molecule has 0 aromatic heterocycles. The van der Waals surface area contributed by atoms with Crippen LogP contribution in [0.2, 0.25) is 0 Å². The molecule has 0 spiro atoms. The maximum atomic E-state index is 14.0. The lowest BCUT2D eigenvalue weighted by Gasteiger charge is -2.33. The molecule has 3 aromatic rings. The van der Waals surface area contributed by atoms with E-state index in [1.54, 1.807) is 30.3 Å². The van der Waals surface area contributed by atoms with Crippen molar-refractivity contribution < 1.29 is 18.0 Å². The minimum atomic E-state index is -4.07. The molecule has 0 bridgehead atoms. The Bertz CT molecular complexity index is 1280. The van der Waals surface area contributed by atoms with Gasteiger partial charge in [0.1, 0.15) is 12.6 Å². The topological polar surface area (TPSA) is 86.8 Å². The number of likely N-dealkylation sites (N-methyl/N-ethyl adjacent to an activating group) is 1. The summed E-state index contributed by atoms with van der Waals surface area (Å²) in [4.78, 5) is 28.5. The average Bonchev–Trinajstić information content (AvgIpc) is 2.92. The largest absolute Gasteiger partial charge is 0.355 e. The first-order chi connectivity index (χ1) is 17.8. The smallest absolute Gasteiger partial charge is 0.264 e. The molecule has 196 valence electrons. The van der Waals surface area contributed by atoms with Gasteiger partial charge in [0.05, 0.1) is 10.6 Å². The van der Waals surface area contributed by atoms with Gasteiger partial charge in [0.15, 0.2) is 0 Å². The third kappa shape index (κ3) is 6.77. The monoisotopic (exact) mass is 521 g/mol. The van der Waals surface area contributed by atoms with Gasteiger partial charge in [-0.1, -0.05) is 80.6 Å². The Morgan fingerprint density at radius 3 is 2.03 bits per heavy atom. The van der Waals surface area contributed by atoms with Gasteiger partial charge in [0.2, 0.25) is 11.8 Å². The molecule has 0 saturated heterocycles. The third-order valence-electron chi connectivity index (χ3n) is 6.18. The zero-order valence-corrected chi connectivity index (χ0v) is 22.4. The second-order valence-electron chi connectivity index (χ2n) is 8.63. The number of benzene rings is 3. The van der Waals surface area contributed by atoms with Crippen molar-refractivity contribution in [3.63, 3.8) is 0 Å². The van der Waals surface area contributed by atoms with Crippen molar-refractivity contribution in [2.45, 2.75) is 51.1 Å². The molecule has 0 aliphatic heterocycles. The Labute approximate surface area is 220 Å². The van der Waals surface area contributed by atoms with Gasteiger partial charge in [-0.3, -0.25) is 13.9 Å². The summed E-state index contributed by atoms with van der Waals surface area (Å²) >= 11 is 0. The highest BCUT2D eigenvalue weighted by Crippen LogP contribution is 2.28. The van der Waals surface area contributed by atoms with Crippen LogP contribution in [0.25, 0.3) is 0 Å². The molecule has 0 fully saturated rings. The van der Waals surface area contributed by atoms with Gasteiger partial charge in [0.25, 0.3) is 10.0 Å². The number of anilines is 1. The maximum Gasteiger partial charge on any atom is 0.264 e. The van der Waals surface area contributed by atoms with Crippen molar-refractivity contribution in [3.05, 3.63) is 96.1 Å². The number of hydrogen-bond acceptors (Lipinski definition) is 4. The summed E-state index contributed by atoms with van der Waals surface area (Å²) in [6, 6.07) is 23.9. The first-order valence-corrected chi connectivity index (χ1v) is 14.0. The number of nitrogens with zero attached hydrogens (tertiary/aromatic N) is 2. The summed E-state index contributed by atoms with van der Waals surface area (Å²) in [5.41, 5.74) is 2.11. The lowest BCUT2D eigenvalue weighted by Crippen LogP contribution is -2.52. The van der Waals surface area contributed by atoms with Crippen LogP contribution in [0.3, 0.4) is 0 Å². The summed E-state index contributed by atoms with van der Waals surface area (Å²) in [5.74, 6) is -0.715. The molecule has 1 unspecified atom stereocenters. The lowest BCUT2D eigenvalue weighted by atomic mass is 10.1. The molecule has 8 heteroatoms. The number of hydrogen-bond donors (Lipinski definition) is 1. The number of aryl methyl sites for hydroxylation is 1. The minimum absolute atomic E-state index is 0.0964. The number of nitrogens with one attached hydrogen (secondary N) is 1.